The topological polar surface area (TPSA) is 108 Å². The number of nitrogens with one attached hydrogen (secondary N) is 2. The molecule has 1 fully saturated rings. The molecule has 4 N–H and O–H groups in total. The summed E-state index contributed by atoms with van der Waals surface area (Å²) in [4.78, 5) is 40.8. The molecular formula is C18H27N5O3. The van der Waals surface area contributed by atoms with Crippen LogP contribution in [0.1, 0.15) is 29.8 Å². The average Bonchev–Trinajstić information content (AvgIpc) is 3.04. The summed E-state index contributed by atoms with van der Waals surface area (Å²) in [6.07, 6.45) is -0.992. The number of aryl methyl sites for hydroxylation is 1. The molecule has 0 bridgehead atoms. The van der Waals surface area contributed by atoms with Crippen LogP contribution in [0.3, 0.4) is 0 Å². The lowest BCUT2D eigenvalue weighted by Gasteiger charge is -2.29. The number of urea groups is 1. The number of nitrogens with two attached hydrogens (primary N) is 1. The highest BCUT2D eigenvalue weighted by Gasteiger charge is 2.42. The minimum absolute atomic E-state index is 0.0721. The van der Waals surface area contributed by atoms with Gasteiger partial charge >= 0.3 is 6.03 Å². The molecule has 142 valence electrons. The van der Waals surface area contributed by atoms with E-state index in [9.17, 15) is 14.4 Å². The molecule has 1 aromatic rings. The Morgan fingerprint density at radius 3 is 2.35 bits per heavy atom. The van der Waals surface area contributed by atoms with E-state index in [1.807, 2.05) is 32.9 Å². The van der Waals surface area contributed by atoms with E-state index >= 15 is 0 Å². The second kappa shape index (κ2) is 8.66. The van der Waals surface area contributed by atoms with E-state index in [4.69, 9.17) is 5.73 Å². The molecule has 8 nitrogen and oxygen atoms in total. The van der Waals surface area contributed by atoms with Crippen LogP contribution >= 0.6 is 0 Å². The van der Waals surface area contributed by atoms with E-state index in [-0.39, 0.29) is 37.6 Å². The monoisotopic (exact) mass is 361 g/mol. The molecule has 1 aliphatic rings. The van der Waals surface area contributed by atoms with Gasteiger partial charge in [0.1, 0.15) is 0 Å². The zero-order valence-electron chi connectivity index (χ0n) is 15.5. The Morgan fingerprint density at radius 2 is 1.77 bits per heavy atom. The van der Waals surface area contributed by atoms with Crippen molar-refractivity contribution in [1.29, 1.82) is 0 Å². The minimum atomic E-state index is -0.992. The van der Waals surface area contributed by atoms with Crippen LogP contribution in [0.25, 0.3) is 0 Å². The zero-order chi connectivity index (χ0) is 19.3. The van der Waals surface area contributed by atoms with Crippen LogP contribution in [0.15, 0.2) is 24.3 Å². The Labute approximate surface area is 153 Å². The van der Waals surface area contributed by atoms with Gasteiger partial charge in [0.2, 0.25) is 0 Å². The molecule has 1 saturated heterocycles. The largest absolute Gasteiger partial charge is 0.351 e. The molecule has 0 radical (unpaired) electrons. The van der Waals surface area contributed by atoms with Crippen LogP contribution in [-0.2, 0) is 4.79 Å². The molecule has 0 aromatic heterocycles. The maximum absolute atomic E-state index is 12.9. The van der Waals surface area contributed by atoms with Gasteiger partial charge in [0.25, 0.3) is 11.8 Å². The van der Waals surface area contributed by atoms with Gasteiger partial charge in [-0.15, -0.1) is 0 Å². The molecule has 1 aromatic carbocycles. The van der Waals surface area contributed by atoms with E-state index < -0.39 is 12.1 Å². The van der Waals surface area contributed by atoms with E-state index in [1.165, 1.54) is 9.80 Å². The number of rotatable bonds is 5. The molecule has 1 atom stereocenters. The van der Waals surface area contributed by atoms with Crippen molar-refractivity contribution in [3.05, 3.63) is 35.4 Å². The SMILES string of the molecule is Cc1ccc(C(=O)N2CCN(C(=O)NC(C)C)C2C(=O)NCCN)cc1. The predicted octanol–water partition coefficient (Wildman–Crippen LogP) is 0.272. The maximum atomic E-state index is 12.9. The second-order valence-electron chi connectivity index (χ2n) is 6.62. The third-order valence-corrected chi connectivity index (χ3v) is 4.08. The van der Waals surface area contributed by atoms with Crippen molar-refractivity contribution >= 4 is 17.8 Å². The van der Waals surface area contributed by atoms with Gasteiger partial charge in [0.15, 0.2) is 6.17 Å². The van der Waals surface area contributed by atoms with Gasteiger partial charge in [-0.25, -0.2) is 4.79 Å². The van der Waals surface area contributed by atoms with Crippen molar-refractivity contribution < 1.29 is 14.4 Å². The fourth-order valence-electron chi connectivity index (χ4n) is 2.82. The first-order valence-electron chi connectivity index (χ1n) is 8.77. The predicted molar refractivity (Wildman–Crippen MR) is 98.4 cm³/mol. The number of carbonyl (C=O) groups excluding carboxylic acids is 3. The third-order valence-electron chi connectivity index (χ3n) is 4.08. The molecule has 26 heavy (non-hydrogen) atoms. The second-order valence-corrected chi connectivity index (χ2v) is 6.62. The molecule has 1 aliphatic heterocycles. The molecule has 0 saturated carbocycles. The Bertz CT molecular complexity index is 659. The van der Waals surface area contributed by atoms with Crippen LogP contribution in [0.4, 0.5) is 4.79 Å². The first kappa shape index (κ1) is 19.7. The van der Waals surface area contributed by atoms with Gasteiger partial charge in [-0.1, -0.05) is 17.7 Å². The van der Waals surface area contributed by atoms with Crippen molar-refractivity contribution in [3.8, 4) is 0 Å². The van der Waals surface area contributed by atoms with E-state index in [2.05, 4.69) is 10.6 Å². The van der Waals surface area contributed by atoms with Gasteiger partial charge in [-0.3, -0.25) is 14.5 Å². The lowest BCUT2D eigenvalue weighted by Crippen LogP contribution is -2.56. The first-order chi connectivity index (χ1) is 12.3. The third kappa shape index (κ3) is 4.51. The van der Waals surface area contributed by atoms with Gasteiger partial charge in [-0.2, -0.15) is 0 Å². The molecule has 1 heterocycles. The summed E-state index contributed by atoms with van der Waals surface area (Å²) < 4.78 is 0. The minimum Gasteiger partial charge on any atom is -0.351 e. The Hall–Kier alpha value is -2.61. The highest BCUT2D eigenvalue weighted by molar-refractivity contribution is 5.99. The lowest BCUT2D eigenvalue weighted by atomic mass is 10.1. The van der Waals surface area contributed by atoms with Gasteiger partial charge < -0.3 is 21.3 Å². The van der Waals surface area contributed by atoms with Crippen LogP contribution in [0.5, 0.6) is 0 Å². The van der Waals surface area contributed by atoms with Crippen LogP contribution in [0.2, 0.25) is 0 Å². The molecule has 4 amide bonds. The highest BCUT2D eigenvalue weighted by atomic mass is 16.2. The van der Waals surface area contributed by atoms with Crippen LogP contribution in [-0.4, -0.2) is 66.0 Å². The molecule has 0 spiro atoms. The normalized spacial score (nSPS) is 16.7. The fourth-order valence-corrected chi connectivity index (χ4v) is 2.82. The fraction of sp³-hybridized carbons (Fsp3) is 0.500. The quantitative estimate of drug-likeness (QED) is 0.700. The molecule has 2 rings (SSSR count). The molecular weight excluding hydrogens is 334 g/mol. The van der Waals surface area contributed by atoms with Crippen molar-refractivity contribution in [2.24, 2.45) is 5.73 Å². The van der Waals surface area contributed by atoms with E-state index in [0.717, 1.165) is 5.56 Å². The summed E-state index contributed by atoms with van der Waals surface area (Å²) in [6.45, 7) is 6.75. The molecule has 8 heteroatoms. The van der Waals surface area contributed by atoms with E-state index in [1.54, 1.807) is 12.1 Å². The number of amides is 4. The Morgan fingerprint density at radius 1 is 1.15 bits per heavy atom. The summed E-state index contributed by atoms with van der Waals surface area (Å²) in [5.41, 5.74) is 6.97. The molecule has 0 aliphatic carbocycles. The van der Waals surface area contributed by atoms with Crippen molar-refractivity contribution in [3.63, 3.8) is 0 Å². The lowest BCUT2D eigenvalue weighted by molar-refractivity contribution is -0.127. The average molecular weight is 361 g/mol. The van der Waals surface area contributed by atoms with Crippen molar-refractivity contribution in [2.45, 2.75) is 33.0 Å². The first-order valence-corrected chi connectivity index (χ1v) is 8.77. The zero-order valence-corrected chi connectivity index (χ0v) is 15.5. The van der Waals surface area contributed by atoms with Crippen LogP contribution < -0.4 is 16.4 Å². The summed E-state index contributed by atoms with van der Waals surface area (Å²) >= 11 is 0. The highest BCUT2D eigenvalue weighted by Crippen LogP contribution is 2.19. The Kier molecular flexibility index (Phi) is 6.57. The Balaban J connectivity index is 2.25. The smallest absolute Gasteiger partial charge is 0.319 e. The maximum Gasteiger partial charge on any atom is 0.319 e. The summed E-state index contributed by atoms with van der Waals surface area (Å²) in [7, 11) is 0. The van der Waals surface area contributed by atoms with E-state index in [0.29, 0.717) is 12.1 Å². The summed E-state index contributed by atoms with van der Waals surface area (Å²) in [5.74, 6) is -0.690. The summed E-state index contributed by atoms with van der Waals surface area (Å²) in [5, 5.41) is 5.46. The number of hydrogen-bond acceptors (Lipinski definition) is 4. The number of benzene rings is 1. The van der Waals surface area contributed by atoms with Gasteiger partial charge in [0, 0.05) is 37.8 Å². The molecule has 1 unspecified atom stereocenters. The van der Waals surface area contributed by atoms with Crippen molar-refractivity contribution in [1.82, 2.24) is 20.4 Å². The van der Waals surface area contributed by atoms with Gasteiger partial charge in [0.05, 0.1) is 0 Å². The number of carbonyl (C=O) groups is 3. The standard InChI is InChI=1S/C18H27N5O3/c1-12(2)21-18(26)23-11-10-22(16(23)15(24)20-9-8-19)17(25)14-6-4-13(3)5-7-14/h4-7,12,16H,8-11,19H2,1-3H3,(H,20,24)(H,21,26). The number of hydrogen-bond donors (Lipinski definition) is 3. The van der Waals surface area contributed by atoms with Crippen molar-refractivity contribution in [2.75, 3.05) is 26.2 Å². The van der Waals surface area contributed by atoms with Crippen LogP contribution in [0, 0.1) is 6.92 Å². The van der Waals surface area contributed by atoms with Gasteiger partial charge in [-0.05, 0) is 32.9 Å². The summed E-state index contributed by atoms with van der Waals surface area (Å²) in [6, 6.07) is 6.70. The number of nitrogens with zero attached hydrogens (tertiary/aromatic N) is 2.